The lowest BCUT2D eigenvalue weighted by Gasteiger charge is -2.11. The van der Waals surface area contributed by atoms with Crippen molar-refractivity contribution in [1.29, 1.82) is 0 Å². The predicted molar refractivity (Wildman–Crippen MR) is 99.6 cm³/mol. The van der Waals surface area contributed by atoms with Crippen LogP contribution in [0.3, 0.4) is 0 Å². The van der Waals surface area contributed by atoms with Crippen molar-refractivity contribution in [3.05, 3.63) is 58.9 Å². The highest BCUT2D eigenvalue weighted by Crippen LogP contribution is 2.45. The number of thioether (sulfide) groups is 2. The van der Waals surface area contributed by atoms with Gasteiger partial charge in [0.1, 0.15) is 11.6 Å². The molecule has 7 heteroatoms. The first-order chi connectivity index (χ1) is 11.6. The molecule has 2 aromatic carbocycles. The minimum atomic E-state index is -0.451. The number of hydrogen-bond acceptors (Lipinski definition) is 4. The number of benzene rings is 2. The van der Waals surface area contributed by atoms with Gasteiger partial charge in [0.2, 0.25) is 0 Å². The number of amides is 1. The molecule has 2 aromatic rings. The Morgan fingerprint density at radius 3 is 2.58 bits per heavy atom. The Morgan fingerprint density at radius 2 is 1.92 bits per heavy atom. The van der Waals surface area contributed by atoms with Gasteiger partial charge in [-0.25, -0.2) is 4.39 Å². The van der Waals surface area contributed by atoms with E-state index in [1.54, 1.807) is 0 Å². The number of ether oxygens (including phenoxy) is 1. The lowest BCUT2D eigenvalue weighted by Crippen LogP contribution is -2.20. The van der Waals surface area contributed by atoms with E-state index in [0.717, 1.165) is 6.07 Å². The molecule has 3 rings (SSSR count). The molecule has 1 N–H and O–H groups in total. The van der Waals surface area contributed by atoms with Gasteiger partial charge in [0, 0.05) is 11.5 Å². The Morgan fingerprint density at radius 1 is 1.21 bits per heavy atom. The Hall–Kier alpha value is -1.37. The van der Waals surface area contributed by atoms with Crippen LogP contribution in [0.4, 0.5) is 10.1 Å². The van der Waals surface area contributed by atoms with Crippen LogP contribution in [0.1, 0.15) is 10.1 Å². The highest BCUT2D eigenvalue weighted by atomic mass is 35.5. The number of halogens is 2. The Kier molecular flexibility index (Phi) is 5.92. The summed E-state index contributed by atoms with van der Waals surface area (Å²) in [6.07, 6.45) is 0. The van der Waals surface area contributed by atoms with Crippen molar-refractivity contribution in [2.24, 2.45) is 0 Å². The van der Waals surface area contributed by atoms with Crippen molar-refractivity contribution in [3.8, 4) is 5.75 Å². The monoisotopic (exact) mass is 383 g/mol. The third kappa shape index (κ3) is 4.59. The summed E-state index contributed by atoms with van der Waals surface area (Å²) in [6, 6.07) is 11.6. The first kappa shape index (κ1) is 17.5. The molecule has 24 heavy (non-hydrogen) atoms. The molecule has 0 bridgehead atoms. The van der Waals surface area contributed by atoms with Crippen LogP contribution in [0.5, 0.6) is 5.75 Å². The van der Waals surface area contributed by atoms with Gasteiger partial charge in [-0.2, -0.15) is 0 Å². The molecule has 1 aliphatic heterocycles. The fourth-order valence-corrected chi connectivity index (χ4v) is 5.27. The summed E-state index contributed by atoms with van der Waals surface area (Å²) >= 11 is 9.75. The summed E-state index contributed by atoms with van der Waals surface area (Å²) in [5.74, 6) is 2.19. The summed E-state index contributed by atoms with van der Waals surface area (Å²) in [5, 5.41) is 2.75. The van der Waals surface area contributed by atoms with Gasteiger partial charge >= 0.3 is 0 Å². The minimum Gasteiger partial charge on any atom is -0.484 e. The average Bonchev–Trinajstić information content (AvgIpc) is 3.11. The van der Waals surface area contributed by atoms with E-state index in [9.17, 15) is 9.18 Å². The molecule has 3 nitrogen and oxygen atoms in total. The average molecular weight is 384 g/mol. The van der Waals surface area contributed by atoms with Gasteiger partial charge in [0.05, 0.1) is 15.3 Å². The standard InChI is InChI=1S/C17H15ClFNO2S2/c18-14-9-12(19)3-6-15(14)20-16(21)10-22-13-4-1-11(2-5-13)17-23-7-8-24-17/h1-6,9,17H,7-8,10H2,(H,20,21). The topological polar surface area (TPSA) is 38.3 Å². The number of carbonyl (C=O) groups is 1. The van der Waals surface area contributed by atoms with Gasteiger partial charge in [-0.1, -0.05) is 23.7 Å². The SMILES string of the molecule is O=C(COc1ccc(C2SCCS2)cc1)Nc1ccc(F)cc1Cl. The van der Waals surface area contributed by atoms with E-state index in [-0.39, 0.29) is 17.5 Å². The van der Waals surface area contributed by atoms with Crippen LogP contribution in [0, 0.1) is 5.82 Å². The van der Waals surface area contributed by atoms with Crippen LogP contribution in [0.2, 0.25) is 5.02 Å². The Labute approximate surface area is 153 Å². The van der Waals surface area contributed by atoms with Gasteiger partial charge in [-0.05, 0) is 35.9 Å². The predicted octanol–water partition coefficient (Wildman–Crippen LogP) is 4.98. The van der Waals surface area contributed by atoms with E-state index >= 15 is 0 Å². The fraction of sp³-hybridized carbons (Fsp3) is 0.235. The van der Waals surface area contributed by atoms with Gasteiger partial charge in [-0.3, -0.25) is 4.79 Å². The maximum absolute atomic E-state index is 13.0. The molecule has 0 aliphatic carbocycles. The third-order valence-corrected chi connectivity index (χ3v) is 6.77. The molecule has 1 aliphatic rings. The van der Waals surface area contributed by atoms with Gasteiger partial charge in [0.15, 0.2) is 6.61 Å². The summed E-state index contributed by atoms with van der Waals surface area (Å²) in [6.45, 7) is -0.139. The van der Waals surface area contributed by atoms with E-state index in [4.69, 9.17) is 16.3 Å². The number of rotatable bonds is 5. The van der Waals surface area contributed by atoms with Gasteiger partial charge < -0.3 is 10.1 Å². The largest absolute Gasteiger partial charge is 0.484 e. The number of anilines is 1. The first-order valence-corrected chi connectivity index (χ1v) is 9.80. The highest BCUT2D eigenvalue weighted by Gasteiger charge is 2.18. The van der Waals surface area contributed by atoms with Crippen LogP contribution in [0.25, 0.3) is 0 Å². The van der Waals surface area contributed by atoms with E-state index in [2.05, 4.69) is 5.32 Å². The smallest absolute Gasteiger partial charge is 0.262 e. The zero-order valence-electron chi connectivity index (χ0n) is 12.6. The molecule has 1 saturated heterocycles. The molecule has 126 valence electrons. The molecular weight excluding hydrogens is 369 g/mol. The third-order valence-electron chi connectivity index (χ3n) is 3.35. The molecule has 0 unspecified atom stereocenters. The summed E-state index contributed by atoms with van der Waals surface area (Å²) < 4.78 is 18.9. The summed E-state index contributed by atoms with van der Waals surface area (Å²) in [4.78, 5) is 11.9. The second kappa shape index (κ2) is 8.14. The molecule has 0 saturated carbocycles. The Bertz CT molecular complexity index is 721. The molecule has 0 atom stereocenters. The molecular formula is C17H15ClFNO2S2. The molecule has 1 heterocycles. The van der Waals surface area contributed by atoms with Gasteiger partial charge in [-0.15, -0.1) is 23.5 Å². The quantitative estimate of drug-likeness (QED) is 0.790. The zero-order valence-corrected chi connectivity index (χ0v) is 15.0. The number of nitrogens with one attached hydrogen (secondary N) is 1. The maximum Gasteiger partial charge on any atom is 0.262 e. The summed E-state index contributed by atoms with van der Waals surface area (Å²) in [7, 11) is 0. The second-order valence-corrected chi connectivity index (χ2v) is 8.24. The lowest BCUT2D eigenvalue weighted by atomic mass is 10.2. The highest BCUT2D eigenvalue weighted by molar-refractivity contribution is 8.19. The van der Waals surface area contributed by atoms with Crippen molar-refractivity contribution < 1.29 is 13.9 Å². The van der Waals surface area contributed by atoms with E-state index in [1.165, 1.54) is 29.2 Å². The fourth-order valence-electron chi connectivity index (χ4n) is 2.20. The van der Waals surface area contributed by atoms with Crippen LogP contribution in [-0.2, 0) is 4.79 Å². The van der Waals surface area contributed by atoms with Crippen molar-refractivity contribution in [2.75, 3.05) is 23.4 Å². The molecule has 0 aromatic heterocycles. The van der Waals surface area contributed by atoms with Gasteiger partial charge in [0.25, 0.3) is 5.91 Å². The molecule has 0 spiro atoms. The van der Waals surface area contributed by atoms with Crippen LogP contribution in [-0.4, -0.2) is 24.0 Å². The van der Waals surface area contributed by atoms with E-state index in [1.807, 2.05) is 47.8 Å². The molecule has 1 fully saturated rings. The zero-order chi connectivity index (χ0) is 16.9. The van der Waals surface area contributed by atoms with Crippen LogP contribution < -0.4 is 10.1 Å². The van der Waals surface area contributed by atoms with Crippen LogP contribution >= 0.6 is 35.1 Å². The lowest BCUT2D eigenvalue weighted by molar-refractivity contribution is -0.118. The Balaban J connectivity index is 1.52. The van der Waals surface area contributed by atoms with Crippen LogP contribution in [0.15, 0.2) is 42.5 Å². The van der Waals surface area contributed by atoms with Crippen molar-refractivity contribution in [2.45, 2.75) is 4.58 Å². The van der Waals surface area contributed by atoms with Crippen molar-refractivity contribution >= 4 is 46.7 Å². The number of hydrogen-bond donors (Lipinski definition) is 1. The van der Waals surface area contributed by atoms with E-state index < -0.39 is 5.82 Å². The van der Waals surface area contributed by atoms with Crippen molar-refractivity contribution in [1.82, 2.24) is 0 Å². The molecule has 0 radical (unpaired) electrons. The second-order valence-electron chi connectivity index (χ2n) is 5.10. The first-order valence-electron chi connectivity index (χ1n) is 7.33. The maximum atomic E-state index is 13.0. The molecule has 1 amide bonds. The minimum absolute atomic E-state index is 0.139. The van der Waals surface area contributed by atoms with E-state index in [0.29, 0.717) is 16.0 Å². The summed E-state index contributed by atoms with van der Waals surface area (Å²) in [5.41, 5.74) is 1.62. The normalized spacial score (nSPS) is 14.6. The number of carbonyl (C=O) groups excluding carboxylic acids is 1. The van der Waals surface area contributed by atoms with Crippen molar-refractivity contribution in [3.63, 3.8) is 0 Å².